The van der Waals surface area contributed by atoms with Gasteiger partial charge in [-0.25, -0.2) is 0 Å². The molecule has 0 spiro atoms. The standard InChI is InChI=1S/C12H24N.C9H13.2CH3.2ClH.H2Si.Ti/c13-12-10-8-6-4-2-1-3-5-7-9-11-12;1-6-5-7(2)9(4)8(6)3;;;;;;/h12-13H,1-11H2;6H,1-4H3;2*1H3;2*1H;1H2;/q-1;;;;;;;+1. The van der Waals surface area contributed by atoms with Gasteiger partial charge in [0.15, 0.2) is 0 Å². The Kier molecular flexibility index (Phi) is 12.5. The van der Waals surface area contributed by atoms with Crippen LogP contribution in [0.3, 0.4) is 0 Å². The van der Waals surface area contributed by atoms with Crippen molar-refractivity contribution in [3.05, 3.63) is 20.6 Å². The molecule has 2 rings (SSSR count). The van der Waals surface area contributed by atoms with Crippen molar-refractivity contribution in [3.8, 4) is 0 Å². The van der Waals surface area contributed by atoms with E-state index in [-0.39, 0.29) is 24.8 Å². The minimum absolute atomic E-state index is 0. The summed E-state index contributed by atoms with van der Waals surface area (Å²) < 4.78 is 6.21. The van der Waals surface area contributed by atoms with Gasteiger partial charge < -0.3 is 0 Å². The molecule has 1 atom stereocenters. The largest absolute Gasteiger partial charge is 0.147 e. The summed E-state index contributed by atoms with van der Waals surface area (Å²) in [6.45, 7) is 9.55. The second-order valence-corrected chi connectivity index (χ2v) is 28.8. The van der Waals surface area contributed by atoms with E-state index in [9.17, 15) is 0 Å². The summed E-state index contributed by atoms with van der Waals surface area (Å²) in [6, 6.07) is 0.743. The van der Waals surface area contributed by atoms with Crippen LogP contribution in [0, 0.1) is 5.92 Å². The van der Waals surface area contributed by atoms with Crippen LogP contribution in [-0.4, -0.2) is 13.7 Å². The van der Waals surface area contributed by atoms with Crippen molar-refractivity contribution >= 4 is 32.4 Å². The fourth-order valence-electron chi connectivity index (χ4n) is 5.70. The quantitative estimate of drug-likeness (QED) is 0.407. The molecular formula is C23H47Cl2NSiTi. The summed E-state index contributed by atoms with van der Waals surface area (Å²) in [5, 5.41) is 5.29. The minimum atomic E-state index is -2.83. The van der Waals surface area contributed by atoms with Gasteiger partial charge in [-0.1, -0.05) is 0 Å². The molecule has 0 bridgehead atoms. The summed E-state index contributed by atoms with van der Waals surface area (Å²) >= 11 is -2.83. The number of rotatable bonds is 3. The molecule has 1 fully saturated rings. The predicted octanol–water partition coefficient (Wildman–Crippen LogP) is 7.60. The normalized spacial score (nSPS) is 24.2. The molecule has 1 unspecified atom stereocenters. The van der Waals surface area contributed by atoms with Crippen molar-refractivity contribution in [2.24, 2.45) is 5.92 Å². The van der Waals surface area contributed by atoms with Crippen molar-refractivity contribution in [2.45, 2.75) is 115 Å². The monoisotopic (exact) mass is 483 g/mol. The summed E-state index contributed by atoms with van der Waals surface area (Å²) in [7, 11) is 2.37. The van der Waals surface area contributed by atoms with Gasteiger partial charge in [0.05, 0.1) is 0 Å². The molecule has 166 valence electrons. The molecule has 1 nitrogen and oxygen atoms in total. The van der Waals surface area contributed by atoms with Gasteiger partial charge in [0.2, 0.25) is 0 Å². The van der Waals surface area contributed by atoms with Crippen LogP contribution >= 0.6 is 24.8 Å². The van der Waals surface area contributed by atoms with Crippen LogP contribution in [0.25, 0.3) is 0 Å². The summed E-state index contributed by atoms with van der Waals surface area (Å²) in [6.07, 6.45) is 15.8. The van der Waals surface area contributed by atoms with Gasteiger partial charge in [-0.3, -0.25) is 0 Å². The van der Waals surface area contributed by atoms with Crippen LogP contribution in [0.5, 0.6) is 0 Å². The van der Waals surface area contributed by atoms with Gasteiger partial charge in [0.1, 0.15) is 0 Å². The van der Waals surface area contributed by atoms with Crippen LogP contribution < -0.4 is 3.80 Å². The fourth-order valence-corrected chi connectivity index (χ4v) is 16.7. The van der Waals surface area contributed by atoms with Crippen molar-refractivity contribution in [2.75, 3.05) is 0 Å². The summed E-state index contributed by atoms with van der Waals surface area (Å²) in [4.78, 5) is 0. The first-order valence-electron chi connectivity index (χ1n) is 11.4. The molecule has 0 aromatic carbocycles. The Morgan fingerprint density at radius 2 is 1.14 bits per heavy atom. The average molecular weight is 484 g/mol. The smallest absolute Gasteiger partial charge is 0.147 e. The third-order valence-corrected chi connectivity index (χ3v) is 15.7. The first-order chi connectivity index (χ1) is 12.1. The topological polar surface area (TPSA) is 12.0 Å². The molecule has 28 heavy (non-hydrogen) atoms. The molecule has 2 aliphatic rings. The molecule has 0 saturated heterocycles. The number of halogens is 2. The Morgan fingerprint density at radius 1 is 0.750 bits per heavy atom. The van der Waals surface area contributed by atoms with E-state index >= 15 is 0 Å². The Balaban J connectivity index is 0.00000364. The zero-order chi connectivity index (χ0) is 19.4. The Bertz CT molecular complexity index is 621. The summed E-state index contributed by atoms with van der Waals surface area (Å²) in [5.74, 6) is 0.651. The van der Waals surface area contributed by atoms with Gasteiger partial charge in [0.25, 0.3) is 0 Å². The van der Waals surface area contributed by atoms with Crippen LogP contribution in [0.1, 0.15) is 98.3 Å². The molecule has 0 amide bonds. The van der Waals surface area contributed by atoms with Crippen LogP contribution in [-0.2, 0) is 14.3 Å². The van der Waals surface area contributed by atoms with Crippen LogP contribution in [0.4, 0.5) is 0 Å². The molecule has 1 saturated carbocycles. The second-order valence-electron chi connectivity index (χ2n) is 10.4. The number of allylic oxidation sites excluding steroid dienone is 4. The van der Waals surface area contributed by atoms with Gasteiger partial charge >= 0.3 is 167 Å². The molecule has 0 aromatic rings. The molecule has 0 heterocycles. The second kappa shape index (κ2) is 12.1. The van der Waals surface area contributed by atoms with E-state index in [4.69, 9.17) is 0 Å². The minimum Gasteiger partial charge on any atom is -0.147 e. The Morgan fingerprint density at radius 3 is 1.50 bits per heavy atom. The summed E-state index contributed by atoms with van der Waals surface area (Å²) in [5.41, 5.74) is 4.80. The first-order valence-corrected chi connectivity index (χ1v) is 20.1. The number of nitrogens with one attached hydrogen (secondary N) is 1. The molecule has 0 aromatic heterocycles. The molecule has 2 aliphatic carbocycles. The zero-order valence-corrected chi connectivity index (χ0v) is 24.1. The Labute approximate surface area is 191 Å². The molecule has 0 aliphatic heterocycles. The third kappa shape index (κ3) is 7.57. The molecule has 5 heteroatoms. The number of hydrogen-bond acceptors (Lipinski definition) is 1. The molecule has 0 radical (unpaired) electrons. The predicted molar refractivity (Wildman–Crippen MR) is 133 cm³/mol. The van der Waals surface area contributed by atoms with Crippen molar-refractivity contribution in [3.63, 3.8) is 0 Å². The van der Waals surface area contributed by atoms with Gasteiger partial charge in [0, 0.05) is 0 Å². The van der Waals surface area contributed by atoms with Gasteiger partial charge in [-0.05, 0) is 0 Å². The van der Waals surface area contributed by atoms with E-state index in [0.29, 0.717) is 5.92 Å². The van der Waals surface area contributed by atoms with E-state index in [2.05, 4.69) is 49.6 Å². The average Bonchev–Trinajstić information content (AvgIpc) is 2.73. The SMILES string of the molecule is CC1=C(C)C(C)[C]([Ti]([CH3])([CH3])(=[SiH2])[NH]C2CCCCCCCCCCC2)=C1C.Cl.Cl. The maximum Gasteiger partial charge on any atom is -0.147 e. The maximum absolute atomic E-state index is 4.39. The van der Waals surface area contributed by atoms with Gasteiger partial charge in [-0.2, -0.15) is 0 Å². The van der Waals surface area contributed by atoms with E-state index in [1.165, 1.54) is 70.6 Å². The Hall–Kier alpha value is 0.951. The van der Waals surface area contributed by atoms with Gasteiger partial charge in [-0.15, -0.1) is 24.8 Å². The van der Waals surface area contributed by atoms with E-state index in [1.807, 2.05) is 3.88 Å². The van der Waals surface area contributed by atoms with Crippen LogP contribution in [0.2, 0.25) is 10.5 Å². The van der Waals surface area contributed by atoms with E-state index < -0.39 is 14.3 Å². The van der Waals surface area contributed by atoms with E-state index in [1.54, 1.807) is 16.7 Å². The van der Waals surface area contributed by atoms with Crippen molar-refractivity contribution < 1.29 is 14.3 Å². The van der Waals surface area contributed by atoms with Crippen molar-refractivity contribution in [1.82, 2.24) is 3.80 Å². The fraction of sp³-hybridized carbons (Fsp3) is 0.826. The van der Waals surface area contributed by atoms with Crippen molar-refractivity contribution in [1.29, 1.82) is 0 Å². The van der Waals surface area contributed by atoms with E-state index in [0.717, 1.165) is 6.04 Å². The third-order valence-electron chi connectivity index (χ3n) is 7.28. The molecule has 1 N–H and O–H groups in total. The molecular weight excluding hydrogens is 437 g/mol. The van der Waals surface area contributed by atoms with Crippen LogP contribution in [0.15, 0.2) is 20.6 Å². The number of hydrogen-bond donors (Lipinski definition) is 1. The zero-order valence-electron chi connectivity index (χ0n) is 19.5. The maximum atomic E-state index is 4.39. The first kappa shape index (κ1) is 29.0.